The van der Waals surface area contributed by atoms with Gasteiger partial charge < -0.3 is 4.74 Å². The van der Waals surface area contributed by atoms with Gasteiger partial charge in [0.1, 0.15) is 0 Å². The van der Waals surface area contributed by atoms with Crippen LogP contribution in [0.5, 0.6) is 0 Å². The van der Waals surface area contributed by atoms with Gasteiger partial charge in [0.05, 0.1) is 12.3 Å². The van der Waals surface area contributed by atoms with Crippen LogP contribution in [0.4, 0.5) is 0 Å². The molecule has 0 aromatic carbocycles. The van der Waals surface area contributed by atoms with Gasteiger partial charge in [-0.1, -0.05) is 38.3 Å². The largest absolute Gasteiger partial charge is 0.461 e. The van der Waals surface area contributed by atoms with Crippen LogP contribution in [-0.2, 0) is 11.3 Å². The lowest BCUT2D eigenvalue weighted by Gasteiger charge is -2.21. The summed E-state index contributed by atoms with van der Waals surface area (Å²) in [5.74, 6) is 0.645. The molecular weight excluding hydrogens is 254 g/mol. The molecule has 20 heavy (non-hydrogen) atoms. The first-order chi connectivity index (χ1) is 9.58. The summed E-state index contributed by atoms with van der Waals surface area (Å²) in [5.41, 5.74) is 1.19. The second kappa shape index (κ2) is 6.86. The molecule has 1 aliphatic carbocycles. The number of hydrogen-bond acceptors (Lipinski definition) is 4. The molecule has 5 heteroatoms. The van der Waals surface area contributed by atoms with Crippen molar-refractivity contribution in [2.24, 2.45) is 11.8 Å². The van der Waals surface area contributed by atoms with E-state index in [1.165, 1.54) is 32.1 Å². The standard InChI is InChI=1S/C15H25N3O2/c1-11(2)10-20-15(19)14-12(3)18(17-16-14)9-13-7-5-4-6-8-13/h11,13H,4-10H2,1-3H3. The van der Waals surface area contributed by atoms with E-state index in [9.17, 15) is 4.79 Å². The molecule has 0 atom stereocenters. The molecule has 0 unspecified atom stereocenters. The predicted octanol–water partition coefficient (Wildman–Crippen LogP) is 2.98. The fraction of sp³-hybridized carbons (Fsp3) is 0.800. The molecule has 1 heterocycles. The van der Waals surface area contributed by atoms with Crippen molar-refractivity contribution in [3.05, 3.63) is 11.4 Å². The SMILES string of the molecule is Cc1c(C(=O)OCC(C)C)nnn1CC1CCCCC1. The van der Waals surface area contributed by atoms with Crippen molar-refractivity contribution in [3.8, 4) is 0 Å². The molecule has 1 aromatic rings. The van der Waals surface area contributed by atoms with Crippen molar-refractivity contribution >= 4 is 5.97 Å². The molecular formula is C15H25N3O2. The number of esters is 1. The van der Waals surface area contributed by atoms with Crippen molar-refractivity contribution in [2.75, 3.05) is 6.61 Å². The lowest BCUT2D eigenvalue weighted by Crippen LogP contribution is -2.17. The minimum Gasteiger partial charge on any atom is -0.461 e. The van der Waals surface area contributed by atoms with Gasteiger partial charge in [-0.15, -0.1) is 5.10 Å². The van der Waals surface area contributed by atoms with Crippen molar-refractivity contribution < 1.29 is 9.53 Å². The summed E-state index contributed by atoms with van der Waals surface area (Å²) < 4.78 is 7.08. The van der Waals surface area contributed by atoms with Crippen LogP contribution in [0.15, 0.2) is 0 Å². The zero-order valence-electron chi connectivity index (χ0n) is 12.8. The second-order valence-corrected chi connectivity index (χ2v) is 6.20. The van der Waals surface area contributed by atoms with E-state index in [1.807, 2.05) is 25.5 Å². The zero-order valence-corrected chi connectivity index (χ0v) is 12.8. The highest BCUT2D eigenvalue weighted by Crippen LogP contribution is 2.25. The summed E-state index contributed by atoms with van der Waals surface area (Å²) in [4.78, 5) is 11.9. The van der Waals surface area contributed by atoms with Crippen LogP contribution >= 0.6 is 0 Å². The Morgan fingerprint density at radius 1 is 1.35 bits per heavy atom. The highest BCUT2D eigenvalue weighted by atomic mass is 16.5. The summed E-state index contributed by atoms with van der Waals surface area (Å²) >= 11 is 0. The summed E-state index contributed by atoms with van der Waals surface area (Å²) in [6.45, 7) is 7.22. The Labute approximate surface area is 120 Å². The third kappa shape index (κ3) is 3.81. The Morgan fingerprint density at radius 2 is 2.05 bits per heavy atom. The molecule has 0 saturated heterocycles. The average molecular weight is 279 g/mol. The molecule has 0 amide bonds. The third-order valence-electron chi connectivity index (χ3n) is 3.88. The summed E-state index contributed by atoms with van der Waals surface area (Å²) in [7, 11) is 0. The molecule has 1 fully saturated rings. The normalized spacial score (nSPS) is 16.6. The molecule has 5 nitrogen and oxygen atoms in total. The Bertz CT molecular complexity index is 448. The molecule has 1 saturated carbocycles. The van der Waals surface area contributed by atoms with Gasteiger partial charge in [0.25, 0.3) is 0 Å². The van der Waals surface area contributed by atoms with Gasteiger partial charge in [-0.2, -0.15) is 0 Å². The third-order valence-corrected chi connectivity index (χ3v) is 3.88. The van der Waals surface area contributed by atoms with Gasteiger partial charge in [0.15, 0.2) is 5.69 Å². The van der Waals surface area contributed by atoms with Crippen molar-refractivity contribution in [3.63, 3.8) is 0 Å². The van der Waals surface area contributed by atoms with E-state index in [1.54, 1.807) is 0 Å². The Hall–Kier alpha value is -1.39. The van der Waals surface area contributed by atoms with E-state index >= 15 is 0 Å². The molecule has 0 spiro atoms. The minimum absolute atomic E-state index is 0.330. The maximum atomic E-state index is 11.9. The number of carbonyl (C=O) groups excluding carboxylic acids is 1. The highest BCUT2D eigenvalue weighted by molar-refractivity contribution is 5.88. The number of hydrogen-bond donors (Lipinski definition) is 0. The highest BCUT2D eigenvalue weighted by Gasteiger charge is 2.21. The van der Waals surface area contributed by atoms with Gasteiger partial charge in [0.2, 0.25) is 0 Å². The van der Waals surface area contributed by atoms with Gasteiger partial charge >= 0.3 is 5.97 Å². The monoisotopic (exact) mass is 279 g/mol. The van der Waals surface area contributed by atoms with Crippen LogP contribution in [0, 0.1) is 18.8 Å². The number of rotatable bonds is 5. The second-order valence-electron chi connectivity index (χ2n) is 6.20. The van der Waals surface area contributed by atoms with Crippen molar-refractivity contribution in [1.29, 1.82) is 0 Å². The number of carbonyl (C=O) groups is 1. The number of aromatic nitrogens is 3. The van der Waals surface area contributed by atoms with Crippen LogP contribution in [0.25, 0.3) is 0 Å². The van der Waals surface area contributed by atoms with Gasteiger partial charge in [-0.3, -0.25) is 0 Å². The van der Waals surface area contributed by atoms with Crippen molar-refractivity contribution in [2.45, 2.75) is 59.4 Å². The number of ether oxygens (including phenoxy) is 1. The smallest absolute Gasteiger partial charge is 0.360 e. The topological polar surface area (TPSA) is 57.0 Å². The first kappa shape index (κ1) is 15.0. The molecule has 0 N–H and O–H groups in total. The van der Waals surface area contributed by atoms with Crippen LogP contribution in [0.3, 0.4) is 0 Å². The van der Waals surface area contributed by atoms with Gasteiger partial charge in [-0.05, 0) is 31.6 Å². The molecule has 0 bridgehead atoms. The van der Waals surface area contributed by atoms with E-state index in [4.69, 9.17) is 4.74 Å². The van der Waals surface area contributed by atoms with E-state index in [0.29, 0.717) is 24.1 Å². The van der Waals surface area contributed by atoms with E-state index in [2.05, 4.69) is 10.3 Å². The van der Waals surface area contributed by atoms with Crippen LogP contribution in [0.1, 0.15) is 62.1 Å². The van der Waals surface area contributed by atoms with Crippen LogP contribution in [0.2, 0.25) is 0 Å². The molecule has 1 aromatic heterocycles. The fourth-order valence-electron chi connectivity index (χ4n) is 2.65. The minimum atomic E-state index is -0.355. The van der Waals surface area contributed by atoms with E-state index in [0.717, 1.165) is 12.2 Å². The Balaban J connectivity index is 1.97. The summed E-state index contributed by atoms with van der Waals surface area (Å²) in [5, 5.41) is 8.12. The summed E-state index contributed by atoms with van der Waals surface area (Å²) in [6.07, 6.45) is 6.47. The quantitative estimate of drug-likeness (QED) is 0.777. The van der Waals surface area contributed by atoms with Gasteiger partial charge in [0, 0.05) is 6.54 Å². The Morgan fingerprint density at radius 3 is 2.70 bits per heavy atom. The Kier molecular flexibility index (Phi) is 5.15. The molecule has 1 aliphatic rings. The van der Waals surface area contributed by atoms with Crippen LogP contribution in [-0.4, -0.2) is 27.6 Å². The molecule has 0 radical (unpaired) electrons. The zero-order chi connectivity index (χ0) is 14.5. The fourth-order valence-corrected chi connectivity index (χ4v) is 2.65. The molecule has 0 aliphatic heterocycles. The predicted molar refractivity (Wildman–Crippen MR) is 76.5 cm³/mol. The van der Waals surface area contributed by atoms with Crippen molar-refractivity contribution in [1.82, 2.24) is 15.0 Å². The maximum Gasteiger partial charge on any atom is 0.360 e. The molecule has 112 valence electrons. The van der Waals surface area contributed by atoms with E-state index in [-0.39, 0.29) is 5.97 Å². The first-order valence-corrected chi connectivity index (χ1v) is 7.65. The van der Waals surface area contributed by atoms with Gasteiger partial charge in [-0.25, -0.2) is 9.48 Å². The van der Waals surface area contributed by atoms with Crippen LogP contribution < -0.4 is 0 Å². The lowest BCUT2D eigenvalue weighted by molar-refractivity contribution is 0.0451. The average Bonchev–Trinajstić information content (AvgIpc) is 2.79. The molecule has 2 rings (SSSR count). The maximum absolute atomic E-state index is 11.9. The number of nitrogens with zero attached hydrogens (tertiary/aromatic N) is 3. The lowest BCUT2D eigenvalue weighted by atomic mass is 9.89. The van der Waals surface area contributed by atoms with E-state index < -0.39 is 0 Å². The summed E-state index contributed by atoms with van der Waals surface area (Å²) in [6, 6.07) is 0. The first-order valence-electron chi connectivity index (χ1n) is 7.65.